The average molecular weight is 360 g/mol. The Morgan fingerprint density at radius 3 is 2.42 bits per heavy atom. The molecule has 5 nitrogen and oxygen atoms in total. The molecule has 1 aromatic rings. The van der Waals surface area contributed by atoms with Crippen LogP contribution in [0.25, 0.3) is 0 Å². The first kappa shape index (κ1) is 20.4. The Labute approximate surface area is 157 Å². The van der Waals surface area contributed by atoms with E-state index in [1.807, 2.05) is 35.2 Å². The Bertz CT molecular complexity index is 578. The molecule has 0 aromatic heterocycles. The van der Waals surface area contributed by atoms with Crippen molar-refractivity contribution in [3.05, 3.63) is 35.9 Å². The van der Waals surface area contributed by atoms with Crippen LogP contribution in [0.3, 0.4) is 0 Å². The van der Waals surface area contributed by atoms with E-state index in [2.05, 4.69) is 19.2 Å². The number of hydrogen-bond acceptors (Lipinski definition) is 3. The number of rotatable bonds is 8. The van der Waals surface area contributed by atoms with Crippen molar-refractivity contribution in [1.82, 2.24) is 10.2 Å². The molecule has 1 heterocycles. The standard InChI is InChI=1S/C21H32N2O3/c1-17(2)16-26-15-7-12-22-20(25)21(19-8-5-4-6-9-19)10-13-23(14-11-21)18(3)24/h4-6,8-9,17H,7,10-16H2,1-3H3,(H,22,25). The van der Waals surface area contributed by atoms with Crippen molar-refractivity contribution in [2.75, 3.05) is 32.8 Å². The number of piperidine rings is 1. The number of carbonyl (C=O) groups excluding carboxylic acids is 2. The highest BCUT2D eigenvalue weighted by molar-refractivity contribution is 5.88. The Morgan fingerprint density at radius 2 is 1.85 bits per heavy atom. The Hall–Kier alpha value is -1.88. The fourth-order valence-electron chi connectivity index (χ4n) is 3.47. The van der Waals surface area contributed by atoms with Gasteiger partial charge in [0.1, 0.15) is 0 Å². The lowest BCUT2D eigenvalue weighted by molar-refractivity contribution is -0.135. The zero-order chi connectivity index (χ0) is 19.0. The quantitative estimate of drug-likeness (QED) is 0.725. The molecule has 1 fully saturated rings. The smallest absolute Gasteiger partial charge is 0.230 e. The minimum atomic E-state index is -0.550. The van der Waals surface area contributed by atoms with Gasteiger partial charge in [-0.25, -0.2) is 0 Å². The van der Waals surface area contributed by atoms with Gasteiger partial charge in [-0.15, -0.1) is 0 Å². The first-order valence-electron chi connectivity index (χ1n) is 9.63. The fraction of sp³-hybridized carbons (Fsp3) is 0.619. The molecule has 5 heteroatoms. The van der Waals surface area contributed by atoms with Gasteiger partial charge in [0.05, 0.1) is 5.41 Å². The second-order valence-electron chi connectivity index (χ2n) is 7.53. The van der Waals surface area contributed by atoms with Crippen molar-refractivity contribution in [2.45, 2.75) is 45.4 Å². The van der Waals surface area contributed by atoms with Crippen LogP contribution in [0.5, 0.6) is 0 Å². The molecule has 1 saturated heterocycles. The maximum atomic E-state index is 13.1. The molecule has 2 rings (SSSR count). The molecule has 0 aliphatic carbocycles. The van der Waals surface area contributed by atoms with Crippen LogP contribution in [-0.2, 0) is 19.7 Å². The predicted octanol–water partition coefficient (Wildman–Crippen LogP) is 2.75. The summed E-state index contributed by atoms with van der Waals surface area (Å²) in [6.07, 6.45) is 2.13. The first-order valence-corrected chi connectivity index (χ1v) is 9.63. The molecular weight excluding hydrogens is 328 g/mol. The number of hydrogen-bond donors (Lipinski definition) is 1. The maximum Gasteiger partial charge on any atom is 0.230 e. The Kier molecular flexibility index (Phi) is 7.64. The number of ether oxygens (including phenoxy) is 1. The number of likely N-dealkylation sites (tertiary alicyclic amines) is 1. The minimum Gasteiger partial charge on any atom is -0.381 e. The third-order valence-electron chi connectivity index (χ3n) is 5.03. The van der Waals surface area contributed by atoms with E-state index in [1.165, 1.54) is 0 Å². The molecule has 2 amide bonds. The van der Waals surface area contributed by atoms with Gasteiger partial charge in [-0.2, -0.15) is 0 Å². The molecule has 0 saturated carbocycles. The molecule has 0 radical (unpaired) electrons. The van der Waals surface area contributed by atoms with Crippen LogP contribution >= 0.6 is 0 Å². The van der Waals surface area contributed by atoms with Crippen LogP contribution in [0.4, 0.5) is 0 Å². The summed E-state index contributed by atoms with van der Waals surface area (Å²) < 4.78 is 5.58. The van der Waals surface area contributed by atoms with Crippen molar-refractivity contribution < 1.29 is 14.3 Å². The molecular formula is C21H32N2O3. The predicted molar refractivity (Wildman–Crippen MR) is 103 cm³/mol. The topological polar surface area (TPSA) is 58.6 Å². The highest BCUT2D eigenvalue weighted by Crippen LogP contribution is 2.36. The zero-order valence-corrected chi connectivity index (χ0v) is 16.3. The lowest BCUT2D eigenvalue weighted by Gasteiger charge is -2.40. The molecule has 0 unspecified atom stereocenters. The highest BCUT2D eigenvalue weighted by Gasteiger charge is 2.43. The van der Waals surface area contributed by atoms with Crippen LogP contribution in [-0.4, -0.2) is 49.6 Å². The highest BCUT2D eigenvalue weighted by atomic mass is 16.5. The number of nitrogens with zero attached hydrogens (tertiary/aromatic N) is 1. The summed E-state index contributed by atoms with van der Waals surface area (Å²) in [7, 11) is 0. The molecule has 1 aliphatic rings. The van der Waals surface area contributed by atoms with Gasteiger partial charge in [0.15, 0.2) is 0 Å². The van der Waals surface area contributed by atoms with Crippen molar-refractivity contribution in [1.29, 1.82) is 0 Å². The Balaban J connectivity index is 1.97. The van der Waals surface area contributed by atoms with E-state index in [0.29, 0.717) is 45.0 Å². The third-order valence-corrected chi connectivity index (χ3v) is 5.03. The van der Waals surface area contributed by atoms with Gasteiger partial charge in [-0.05, 0) is 30.7 Å². The zero-order valence-electron chi connectivity index (χ0n) is 16.3. The van der Waals surface area contributed by atoms with Crippen molar-refractivity contribution >= 4 is 11.8 Å². The summed E-state index contributed by atoms with van der Waals surface area (Å²) in [5, 5.41) is 3.10. The summed E-state index contributed by atoms with van der Waals surface area (Å²) in [5.41, 5.74) is 0.489. The molecule has 1 N–H and O–H groups in total. The molecule has 0 spiro atoms. The SMILES string of the molecule is CC(=O)N1CCC(C(=O)NCCCOCC(C)C)(c2ccccc2)CC1. The van der Waals surface area contributed by atoms with Gasteiger partial charge in [-0.3, -0.25) is 9.59 Å². The molecule has 0 atom stereocenters. The van der Waals surface area contributed by atoms with Crippen LogP contribution in [0.2, 0.25) is 0 Å². The van der Waals surface area contributed by atoms with E-state index in [-0.39, 0.29) is 11.8 Å². The van der Waals surface area contributed by atoms with Crippen LogP contribution in [0.1, 0.15) is 45.6 Å². The summed E-state index contributed by atoms with van der Waals surface area (Å²) in [6, 6.07) is 9.96. The van der Waals surface area contributed by atoms with Gasteiger partial charge in [0.2, 0.25) is 11.8 Å². The lowest BCUT2D eigenvalue weighted by Crippen LogP contribution is -2.52. The van der Waals surface area contributed by atoms with Gasteiger partial charge in [-0.1, -0.05) is 44.2 Å². The average Bonchev–Trinajstić information content (AvgIpc) is 2.64. The van der Waals surface area contributed by atoms with Crippen molar-refractivity contribution in [2.24, 2.45) is 5.92 Å². The summed E-state index contributed by atoms with van der Waals surface area (Å²) >= 11 is 0. The van der Waals surface area contributed by atoms with Gasteiger partial charge >= 0.3 is 0 Å². The molecule has 0 bridgehead atoms. The normalized spacial score (nSPS) is 16.5. The van der Waals surface area contributed by atoms with Gasteiger partial charge in [0.25, 0.3) is 0 Å². The maximum absolute atomic E-state index is 13.1. The van der Waals surface area contributed by atoms with E-state index >= 15 is 0 Å². The van der Waals surface area contributed by atoms with E-state index < -0.39 is 5.41 Å². The minimum absolute atomic E-state index is 0.0655. The number of nitrogens with one attached hydrogen (secondary N) is 1. The van der Waals surface area contributed by atoms with E-state index in [9.17, 15) is 9.59 Å². The van der Waals surface area contributed by atoms with Crippen LogP contribution < -0.4 is 5.32 Å². The van der Waals surface area contributed by atoms with Crippen molar-refractivity contribution in [3.63, 3.8) is 0 Å². The molecule has 26 heavy (non-hydrogen) atoms. The molecule has 1 aliphatic heterocycles. The summed E-state index contributed by atoms with van der Waals surface area (Å²) in [6.45, 7) is 9.11. The summed E-state index contributed by atoms with van der Waals surface area (Å²) in [5.74, 6) is 0.669. The third kappa shape index (κ3) is 5.31. The first-order chi connectivity index (χ1) is 12.5. The van der Waals surface area contributed by atoms with Gasteiger partial charge < -0.3 is 15.0 Å². The van der Waals surface area contributed by atoms with E-state index in [4.69, 9.17) is 4.74 Å². The van der Waals surface area contributed by atoms with E-state index in [1.54, 1.807) is 6.92 Å². The monoisotopic (exact) mass is 360 g/mol. The fourth-order valence-corrected chi connectivity index (χ4v) is 3.47. The van der Waals surface area contributed by atoms with E-state index in [0.717, 1.165) is 18.6 Å². The van der Waals surface area contributed by atoms with Crippen molar-refractivity contribution in [3.8, 4) is 0 Å². The number of carbonyl (C=O) groups is 2. The molecule has 144 valence electrons. The lowest BCUT2D eigenvalue weighted by atomic mass is 9.72. The Morgan fingerprint density at radius 1 is 1.19 bits per heavy atom. The number of amides is 2. The van der Waals surface area contributed by atoms with Crippen LogP contribution in [0, 0.1) is 5.92 Å². The van der Waals surface area contributed by atoms with Gasteiger partial charge in [0, 0.05) is 39.8 Å². The molecule has 1 aromatic carbocycles. The largest absolute Gasteiger partial charge is 0.381 e. The summed E-state index contributed by atoms with van der Waals surface area (Å²) in [4.78, 5) is 26.6. The second kappa shape index (κ2) is 9.72. The second-order valence-corrected chi connectivity index (χ2v) is 7.53. The number of benzene rings is 1. The van der Waals surface area contributed by atoms with Crippen LogP contribution in [0.15, 0.2) is 30.3 Å².